The topological polar surface area (TPSA) is 92.1 Å². The number of nitrogens with one attached hydrogen (secondary N) is 2. The van der Waals surface area contributed by atoms with Gasteiger partial charge in [0.15, 0.2) is 11.5 Å². The summed E-state index contributed by atoms with van der Waals surface area (Å²) in [5, 5.41) is 15.4. The summed E-state index contributed by atoms with van der Waals surface area (Å²) in [6.07, 6.45) is 0. The van der Waals surface area contributed by atoms with Crippen LogP contribution in [0.4, 0.5) is 23.1 Å². The number of anilines is 4. The lowest BCUT2D eigenvalue weighted by atomic mass is 10.2. The molecule has 134 valence electrons. The smallest absolute Gasteiger partial charge is 0.229 e. The van der Waals surface area contributed by atoms with Crippen LogP contribution in [0.15, 0.2) is 48.5 Å². The number of ether oxygens (including phenoxy) is 2. The fourth-order valence-electron chi connectivity index (χ4n) is 2.75. The molecule has 0 aliphatic carbocycles. The zero-order valence-electron chi connectivity index (χ0n) is 14.7. The van der Waals surface area contributed by atoms with Gasteiger partial charge in [0.05, 0.1) is 11.6 Å². The third-order valence-electron chi connectivity index (χ3n) is 3.92. The van der Waals surface area contributed by atoms with Crippen molar-refractivity contribution in [1.29, 1.82) is 5.26 Å². The third-order valence-corrected chi connectivity index (χ3v) is 3.92. The van der Waals surface area contributed by atoms with E-state index in [1.165, 1.54) is 0 Å². The van der Waals surface area contributed by atoms with Gasteiger partial charge in [0.2, 0.25) is 5.95 Å². The first-order valence-electron chi connectivity index (χ1n) is 8.49. The van der Waals surface area contributed by atoms with E-state index in [9.17, 15) is 0 Å². The van der Waals surface area contributed by atoms with E-state index in [4.69, 9.17) is 14.7 Å². The number of fused-ring (bicyclic) bond motifs is 1. The fraction of sp³-hybridized carbons (Fsp3) is 0.150. The second-order valence-corrected chi connectivity index (χ2v) is 6.02. The molecule has 7 nitrogen and oxygen atoms in total. The molecule has 0 atom stereocenters. The maximum atomic E-state index is 9.03. The van der Waals surface area contributed by atoms with Crippen molar-refractivity contribution in [2.24, 2.45) is 0 Å². The van der Waals surface area contributed by atoms with Crippen molar-refractivity contribution in [2.75, 3.05) is 23.8 Å². The van der Waals surface area contributed by atoms with E-state index in [1.54, 1.807) is 12.1 Å². The molecule has 2 aromatic carbocycles. The van der Waals surface area contributed by atoms with E-state index in [2.05, 4.69) is 26.7 Å². The van der Waals surface area contributed by atoms with Crippen LogP contribution in [-0.2, 0) is 0 Å². The van der Waals surface area contributed by atoms with Gasteiger partial charge in [-0.05, 0) is 37.3 Å². The highest BCUT2D eigenvalue weighted by Crippen LogP contribution is 2.33. The molecule has 27 heavy (non-hydrogen) atoms. The van der Waals surface area contributed by atoms with Crippen molar-refractivity contribution in [1.82, 2.24) is 9.97 Å². The summed E-state index contributed by atoms with van der Waals surface area (Å²) < 4.78 is 11.1. The molecule has 0 radical (unpaired) electrons. The first-order chi connectivity index (χ1) is 13.2. The molecule has 1 aromatic heterocycles. The summed E-state index contributed by atoms with van der Waals surface area (Å²) in [6.45, 7) is 2.99. The summed E-state index contributed by atoms with van der Waals surface area (Å²) in [4.78, 5) is 8.93. The molecule has 0 spiro atoms. The van der Waals surface area contributed by atoms with Crippen molar-refractivity contribution < 1.29 is 9.47 Å². The van der Waals surface area contributed by atoms with Crippen LogP contribution in [0.5, 0.6) is 11.5 Å². The normalized spacial score (nSPS) is 12.1. The quantitative estimate of drug-likeness (QED) is 0.729. The van der Waals surface area contributed by atoms with Crippen LogP contribution in [0.1, 0.15) is 11.3 Å². The van der Waals surface area contributed by atoms with Crippen molar-refractivity contribution in [3.05, 3.63) is 59.8 Å². The molecular weight excluding hydrogens is 342 g/mol. The number of rotatable bonds is 4. The van der Waals surface area contributed by atoms with Crippen molar-refractivity contribution in [3.8, 4) is 17.6 Å². The van der Waals surface area contributed by atoms with E-state index in [0.29, 0.717) is 36.3 Å². The summed E-state index contributed by atoms with van der Waals surface area (Å²) in [5.74, 6) is 2.53. The Morgan fingerprint density at radius 2 is 1.74 bits per heavy atom. The summed E-state index contributed by atoms with van der Waals surface area (Å²) in [7, 11) is 0. The Labute approximate surface area is 156 Å². The minimum Gasteiger partial charge on any atom is -0.486 e. The van der Waals surface area contributed by atoms with Crippen molar-refractivity contribution in [3.63, 3.8) is 0 Å². The monoisotopic (exact) mass is 359 g/mol. The van der Waals surface area contributed by atoms with Gasteiger partial charge in [0.25, 0.3) is 0 Å². The molecule has 0 fully saturated rings. The lowest BCUT2D eigenvalue weighted by Crippen LogP contribution is -2.15. The molecule has 0 amide bonds. The zero-order chi connectivity index (χ0) is 18.6. The molecule has 0 bridgehead atoms. The Hall–Kier alpha value is -3.79. The van der Waals surface area contributed by atoms with E-state index in [-0.39, 0.29) is 0 Å². The van der Waals surface area contributed by atoms with Crippen molar-refractivity contribution >= 4 is 23.1 Å². The van der Waals surface area contributed by atoms with Crippen LogP contribution in [0.2, 0.25) is 0 Å². The van der Waals surface area contributed by atoms with Crippen LogP contribution in [0, 0.1) is 18.3 Å². The zero-order valence-corrected chi connectivity index (χ0v) is 14.7. The Bertz CT molecular complexity index is 1030. The molecule has 0 saturated carbocycles. The minimum absolute atomic E-state index is 0.464. The van der Waals surface area contributed by atoms with Crippen LogP contribution < -0.4 is 20.1 Å². The molecule has 3 aromatic rings. The van der Waals surface area contributed by atoms with Crippen molar-refractivity contribution in [2.45, 2.75) is 6.92 Å². The number of hydrogen-bond donors (Lipinski definition) is 2. The number of nitriles is 1. The Morgan fingerprint density at radius 3 is 2.59 bits per heavy atom. The van der Waals surface area contributed by atoms with Gasteiger partial charge in [-0.15, -0.1) is 0 Å². The lowest BCUT2D eigenvalue weighted by Gasteiger charge is -2.19. The SMILES string of the molecule is Cc1cc(Nc2cccc(C#N)c2)nc(Nc2ccc3c(c2)OCCO3)n1. The molecule has 0 saturated heterocycles. The van der Waals surface area contributed by atoms with Gasteiger partial charge < -0.3 is 20.1 Å². The number of hydrogen-bond acceptors (Lipinski definition) is 7. The van der Waals surface area contributed by atoms with Crippen LogP contribution in [0.25, 0.3) is 0 Å². The predicted molar refractivity (Wildman–Crippen MR) is 102 cm³/mol. The summed E-state index contributed by atoms with van der Waals surface area (Å²) >= 11 is 0. The second-order valence-electron chi connectivity index (χ2n) is 6.02. The van der Waals surface area contributed by atoms with Gasteiger partial charge in [0, 0.05) is 29.2 Å². The maximum absolute atomic E-state index is 9.03. The molecule has 1 aliphatic heterocycles. The first-order valence-corrected chi connectivity index (χ1v) is 8.49. The Balaban J connectivity index is 1.56. The molecular formula is C20H17N5O2. The van der Waals surface area contributed by atoms with Crippen LogP contribution in [0.3, 0.4) is 0 Å². The van der Waals surface area contributed by atoms with Gasteiger partial charge in [-0.2, -0.15) is 10.2 Å². The summed E-state index contributed by atoms with van der Waals surface area (Å²) in [5.41, 5.74) is 2.99. The largest absolute Gasteiger partial charge is 0.486 e. The first kappa shape index (κ1) is 16.7. The molecule has 4 rings (SSSR count). The van der Waals surface area contributed by atoms with E-state index >= 15 is 0 Å². The highest BCUT2D eigenvalue weighted by atomic mass is 16.6. The average Bonchev–Trinajstić information content (AvgIpc) is 2.67. The lowest BCUT2D eigenvalue weighted by molar-refractivity contribution is 0.171. The minimum atomic E-state index is 0.464. The third kappa shape index (κ3) is 3.90. The standard InChI is InChI=1S/C20H17N5O2/c1-13-9-19(23-15-4-2-3-14(10-15)12-21)25-20(22-13)24-16-5-6-17-18(11-16)27-8-7-26-17/h2-6,9-11H,7-8H2,1H3,(H2,22,23,24,25). The van der Waals surface area contributed by atoms with E-state index < -0.39 is 0 Å². The highest BCUT2D eigenvalue weighted by molar-refractivity contribution is 5.63. The number of benzene rings is 2. The number of nitrogens with zero attached hydrogens (tertiary/aromatic N) is 3. The Morgan fingerprint density at radius 1 is 0.926 bits per heavy atom. The van der Waals surface area contributed by atoms with Gasteiger partial charge in [-0.1, -0.05) is 6.07 Å². The molecule has 0 unspecified atom stereocenters. The van der Waals surface area contributed by atoms with Crippen LogP contribution >= 0.6 is 0 Å². The van der Waals surface area contributed by atoms with E-state index in [1.807, 2.05) is 43.3 Å². The van der Waals surface area contributed by atoms with Gasteiger partial charge in [-0.25, -0.2) is 4.98 Å². The average molecular weight is 359 g/mol. The van der Waals surface area contributed by atoms with Gasteiger partial charge in [-0.3, -0.25) is 0 Å². The highest BCUT2D eigenvalue weighted by Gasteiger charge is 2.12. The maximum Gasteiger partial charge on any atom is 0.229 e. The molecule has 2 heterocycles. The Kier molecular flexibility index (Phi) is 4.45. The van der Waals surface area contributed by atoms with Gasteiger partial charge >= 0.3 is 0 Å². The van der Waals surface area contributed by atoms with Gasteiger partial charge in [0.1, 0.15) is 19.0 Å². The summed E-state index contributed by atoms with van der Waals surface area (Å²) in [6, 6.07) is 16.8. The number of aryl methyl sites for hydroxylation is 1. The fourth-order valence-corrected chi connectivity index (χ4v) is 2.75. The number of aromatic nitrogens is 2. The molecule has 2 N–H and O–H groups in total. The molecule has 7 heteroatoms. The molecule has 1 aliphatic rings. The predicted octanol–water partition coefficient (Wildman–Crippen LogP) is 3.92. The second kappa shape index (κ2) is 7.22. The van der Waals surface area contributed by atoms with Crippen LogP contribution in [-0.4, -0.2) is 23.2 Å². The van der Waals surface area contributed by atoms with E-state index in [0.717, 1.165) is 22.8 Å².